The Morgan fingerprint density at radius 1 is 1.64 bits per heavy atom. The maximum absolute atomic E-state index is 7.52. The summed E-state index contributed by atoms with van der Waals surface area (Å²) in [5, 5.41) is 7.52. The molecule has 1 atom stereocenters. The van der Waals surface area contributed by atoms with Gasteiger partial charge in [0.15, 0.2) is 0 Å². The third-order valence-corrected chi connectivity index (χ3v) is 2.07. The summed E-state index contributed by atoms with van der Waals surface area (Å²) in [6, 6.07) is 0. The summed E-state index contributed by atoms with van der Waals surface area (Å²) in [5.41, 5.74) is 6.75. The van der Waals surface area contributed by atoms with Crippen molar-refractivity contribution in [2.75, 3.05) is 0 Å². The molecule has 0 aromatic heterocycles. The molecule has 0 aromatic carbocycles. The van der Waals surface area contributed by atoms with Gasteiger partial charge in [0.05, 0.1) is 5.71 Å². The summed E-state index contributed by atoms with van der Waals surface area (Å²) in [5.74, 6) is 0. The summed E-state index contributed by atoms with van der Waals surface area (Å²) in [4.78, 5) is 4.28. The fraction of sp³-hybridized carbons (Fsp3) is 0.750. The molecule has 0 amide bonds. The predicted octanol–water partition coefficient (Wildman–Crippen LogP) is 1.33. The molecule has 0 aliphatic carbocycles. The third-order valence-electron chi connectivity index (χ3n) is 2.07. The van der Waals surface area contributed by atoms with Crippen LogP contribution in [0.3, 0.4) is 0 Å². The number of rotatable bonds is 1. The monoisotopic (exact) mass is 153 g/mol. The molecule has 0 aromatic rings. The van der Waals surface area contributed by atoms with Gasteiger partial charge >= 0.3 is 0 Å². The molecule has 62 valence electrons. The van der Waals surface area contributed by atoms with Gasteiger partial charge in [0.1, 0.15) is 5.66 Å². The Labute approximate surface area is 67.2 Å². The van der Waals surface area contributed by atoms with E-state index in [2.05, 4.69) is 11.9 Å². The van der Waals surface area contributed by atoms with E-state index in [0.717, 1.165) is 25.0 Å². The molecule has 1 heterocycles. The molecule has 11 heavy (non-hydrogen) atoms. The van der Waals surface area contributed by atoms with Crippen molar-refractivity contribution in [2.45, 2.75) is 38.8 Å². The van der Waals surface area contributed by atoms with Gasteiger partial charge in [0.25, 0.3) is 0 Å². The number of nitrogens with two attached hydrogens (primary N) is 1. The van der Waals surface area contributed by atoms with Crippen LogP contribution in [0.15, 0.2) is 4.99 Å². The lowest BCUT2D eigenvalue weighted by Gasteiger charge is -2.27. The number of hydrogen-bond donors (Lipinski definition) is 2. The summed E-state index contributed by atoms with van der Waals surface area (Å²) < 4.78 is 0. The SMILES string of the molecule is CCC1=NC(C)(N)C(=N)CC1. The molecular weight excluding hydrogens is 138 g/mol. The molecule has 3 heteroatoms. The molecule has 0 saturated carbocycles. The zero-order chi connectivity index (χ0) is 8.48. The Morgan fingerprint density at radius 2 is 2.27 bits per heavy atom. The highest BCUT2D eigenvalue weighted by atomic mass is 15.0. The standard InChI is InChI=1S/C8H15N3/c1-3-6-4-5-7(9)8(2,10)11-6/h9H,3-5,10H2,1-2H3. The second kappa shape index (κ2) is 2.74. The Kier molecular flexibility index (Phi) is 2.09. The average molecular weight is 153 g/mol. The quantitative estimate of drug-likeness (QED) is 0.586. The maximum atomic E-state index is 7.52. The van der Waals surface area contributed by atoms with E-state index in [1.165, 1.54) is 0 Å². The van der Waals surface area contributed by atoms with E-state index >= 15 is 0 Å². The first kappa shape index (κ1) is 8.40. The molecular formula is C8H15N3. The molecule has 0 saturated heterocycles. The number of nitrogens with one attached hydrogen (secondary N) is 1. The smallest absolute Gasteiger partial charge is 0.143 e. The van der Waals surface area contributed by atoms with Gasteiger partial charge in [-0.15, -0.1) is 0 Å². The Hall–Kier alpha value is -0.700. The minimum atomic E-state index is -0.719. The van der Waals surface area contributed by atoms with Crippen LogP contribution in [0.1, 0.15) is 33.1 Å². The number of aliphatic imine (C=N–C) groups is 1. The Balaban J connectivity index is 2.85. The molecule has 1 unspecified atom stereocenters. The summed E-state index contributed by atoms with van der Waals surface area (Å²) in [6.45, 7) is 3.87. The molecule has 0 spiro atoms. The largest absolute Gasteiger partial charge is 0.306 e. The second-order valence-electron chi connectivity index (χ2n) is 3.16. The van der Waals surface area contributed by atoms with Crippen LogP contribution in [0.2, 0.25) is 0 Å². The van der Waals surface area contributed by atoms with Gasteiger partial charge < -0.3 is 11.1 Å². The van der Waals surface area contributed by atoms with Gasteiger partial charge in [0.2, 0.25) is 0 Å². The minimum Gasteiger partial charge on any atom is -0.306 e. The highest BCUT2D eigenvalue weighted by Gasteiger charge is 2.27. The van der Waals surface area contributed by atoms with Crippen LogP contribution in [-0.4, -0.2) is 17.1 Å². The summed E-state index contributed by atoms with van der Waals surface area (Å²) >= 11 is 0. The number of nitrogens with zero attached hydrogens (tertiary/aromatic N) is 1. The highest BCUT2D eigenvalue weighted by molar-refractivity contribution is 6.00. The van der Waals surface area contributed by atoms with E-state index < -0.39 is 5.66 Å². The average Bonchev–Trinajstić information content (AvgIpc) is 1.95. The van der Waals surface area contributed by atoms with Gasteiger partial charge in [-0.2, -0.15) is 0 Å². The van der Waals surface area contributed by atoms with Crippen LogP contribution >= 0.6 is 0 Å². The zero-order valence-electron chi connectivity index (χ0n) is 7.15. The first-order chi connectivity index (χ1) is 5.06. The van der Waals surface area contributed by atoms with E-state index in [1.807, 2.05) is 0 Å². The van der Waals surface area contributed by atoms with E-state index in [1.54, 1.807) is 6.92 Å². The van der Waals surface area contributed by atoms with Gasteiger partial charge in [-0.05, 0) is 26.2 Å². The summed E-state index contributed by atoms with van der Waals surface area (Å²) in [6.07, 6.45) is 2.65. The molecule has 3 nitrogen and oxygen atoms in total. The van der Waals surface area contributed by atoms with Crippen LogP contribution in [-0.2, 0) is 0 Å². The Bertz CT molecular complexity index is 203. The first-order valence-corrected chi connectivity index (χ1v) is 4.00. The first-order valence-electron chi connectivity index (χ1n) is 4.00. The highest BCUT2D eigenvalue weighted by Crippen LogP contribution is 2.17. The molecule has 3 N–H and O–H groups in total. The van der Waals surface area contributed by atoms with Gasteiger partial charge in [-0.25, -0.2) is 0 Å². The second-order valence-corrected chi connectivity index (χ2v) is 3.16. The fourth-order valence-corrected chi connectivity index (χ4v) is 1.23. The summed E-state index contributed by atoms with van der Waals surface area (Å²) in [7, 11) is 0. The molecule has 0 bridgehead atoms. The lowest BCUT2D eigenvalue weighted by Crippen LogP contribution is -2.45. The lowest BCUT2D eigenvalue weighted by atomic mass is 9.96. The minimum absolute atomic E-state index is 0.551. The molecule has 1 aliphatic heterocycles. The van der Waals surface area contributed by atoms with Crippen LogP contribution in [0, 0.1) is 5.41 Å². The van der Waals surface area contributed by atoms with Crippen LogP contribution in [0.25, 0.3) is 0 Å². The van der Waals surface area contributed by atoms with Crippen molar-refractivity contribution in [3.8, 4) is 0 Å². The van der Waals surface area contributed by atoms with Gasteiger partial charge in [0, 0.05) is 5.71 Å². The van der Waals surface area contributed by atoms with Crippen molar-refractivity contribution >= 4 is 11.4 Å². The van der Waals surface area contributed by atoms with E-state index in [4.69, 9.17) is 11.1 Å². The van der Waals surface area contributed by atoms with Crippen molar-refractivity contribution in [1.82, 2.24) is 0 Å². The zero-order valence-corrected chi connectivity index (χ0v) is 7.15. The van der Waals surface area contributed by atoms with Gasteiger partial charge in [-0.1, -0.05) is 6.92 Å². The van der Waals surface area contributed by atoms with Crippen molar-refractivity contribution in [3.63, 3.8) is 0 Å². The van der Waals surface area contributed by atoms with Crippen molar-refractivity contribution in [1.29, 1.82) is 5.41 Å². The predicted molar refractivity (Wildman–Crippen MR) is 47.3 cm³/mol. The van der Waals surface area contributed by atoms with Crippen molar-refractivity contribution in [2.24, 2.45) is 10.7 Å². The van der Waals surface area contributed by atoms with Crippen molar-refractivity contribution in [3.05, 3.63) is 0 Å². The van der Waals surface area contributed by atoms with Crippen LogP contribution < -0.4 is 5.73 Å². The molecule has 1 rings (SSSR count). The Morgan fingerprint density at radius 3 is 2.73 bits per heavy atom. The van der Waals surface area contributed by atoms with Gasteiger partial charge in [-0.3, -0.25) is 4.99 Å². The molecule has 0 radical (unpaired) electrons. The maximum Gasteiger partial charge on any atom is 0.143 e. The van der Waals surface area contributed by atoms with E-state index in [-0.39, 0.29) is 0 Å². The van der Waals surface area contributed by atoms with Crippen molar-refractivity contribution < 1.29 is 0 Å². The normalized spacial score (nSPS) is 31.9. The molecule has 1 aliphatic rings. The van der Waals surface area contributed by atoms with Crippen LogP contribution in [0.4, 0.5) is 0 Å². The third kappa shape index (κ3) is 1.66. The number of hydrogen-bond acceptors (Lipinski definition) is 3. The van der Waals surface area contributed by atoms with Crippen LogP contribution in [0.5, 0.6) is 0 Å². The van der Waals surface area contributed by atoms with E-state index in [9.17, 15) is 0 Å². The topological polar surface area (TPSA) is 62.2 Å². The van der Waals surface area contributed by atoms with E-state index in [0.29, 0.717) is 5.71 Å². The fourth-order valence-electron chi connectivity index (χ4n) is 1.23. The molecule has 0 fully saturated rings. The lowest BCUT2D eigenvalue weighted by molar-refractivity contribution is 0.623.